The number of benzene rings is 2. The van der Waals surface area contributed by atoms with E-state index in [4.69, 9.17) is 14.2 Å². The van der Waals surface area contributed by atoms with Crippen LogP contribution in [-0.4, -0.2) is 60.7 Å². The van der Waals surface area contributed by atoms with Crippen LogP contribution in [0.15, 0.2) is 54.6 Å². The van der Waals surface area contributed by atoms with Crippen LogP contribution in [-0.2, 0) is 38.2 Å². The molecule has 0 aliphatic rings. The Morgan fingerprint density at radius 2 is 1.49 bits per heavy atom. The fraction of sp³-hybridized carbons (Fsp3) is 0.455. The zero-order valence-electron chi connectivity index (χ0n) is 26.6. The van der Waals surface area contributed by atoms with E-state index >= 15 is 0 Å². The molecule has 45 heavy (non-hydrogen) atoms. The number of ether oxygens (including phenoxy) is 3. The van der Waals surface area contributed by atoms with Gasteiger partial charge in [0.15, 0.2) is 0 Å². The first-order chi connectivity index (χ1) is 21.2. The maximum absolute atomic E-state index is 13.5. The maximum atomic E-state index is 13.5. The summed E-state index contributed by atoms with van der Waals surface area (Å²) < 4.78 is 15.7. The Morgan fingerprint density at radius 1 is 0.844 bits per heavy atom. The van der Waals surface area contributed by atoms with Gasteiger partial charge in [0.1, 0.15) is 35.3 Å². The standard InChI is InChI=1S/C33H43N3O9/c1-21(2)17-26(30(40)35-23(20-37)19-29(39)45-33(3,4)5)31(41)36-27(15-16-28(38)43-6)32(42)34-22-11-10-14-25(18-22)44-24-12-8-7-9-13-24/h7-14,18,20-21,23,26-27H,15-17,19H2,1-6H3,(H,34,42)(H,35,40)(H,36,41). The molecule has 0 aliphatic carbocycles. The SMILES string of the molecule is COC(=O)CCC(NC(=O)C(CC(C)C)C(=O)NC(C=O)CC(=O)OC(C)(C)C)C(=O)Nc1cccc(Oc2ccccc2)c1. The average molecular weight is 626 g/mol. The second-order valence-corrected chi connectivity index (χ2v) is 11.8. The molecule has 0 saturated carbocycles. The molecule has 2 rings (SSSR count). The van der Waals surface area contributed by atoms with Crippen LogP contribution in [0.1, 0.15) is 60.3 Å². The Bertz CT molecular complexity index is 1320. The van der Waals surface area contributed by atoms with Crippen molar-refractivity contribution in [2.75, 3.05) is 12.4 Å². The van der Waals surface area contributed by atoms with Gasteiger partial charge in [0.05, 0.1) is 19.6 Å². The third-order valence-electron chi connectivity index (χ3n) is 6.22. The third kappa shape index (κ3) is 13.6. The van der Waals surface area contributed by atoms with Crippen molar-refractivity contribution in [2.24, 2.45) is 11.8 Å². The molecule has 12 heteroatoms. The summed E-state index contributed by atoms with van der Waals surface area (Å²) in [6, 6.07) is 13.2. The van der Waals surface area contributed by atoms with Crippen molar-refractivity contribution in [3.05, 3.63) is 54.6 Å². The Kier molecular flexibility index (Phi) is 14.2. The molecule has 3 N–H and O–H groups in total. The predicted molar refractivity (Wildman–Crippen MR) is 166 cm³/mol. The number of hydrogen-bond donors (Lipinski definition) is 3. The number of carbonyl (C=O) groups excluding carboxylic acids is 6. The van der Waals surface area contributed by atoms with Crippen LogP contribution in [0.4, 0.5) is 5.69 Å². The van der Waals surface area contributed by atoms with E-state index in [0.717, 1.165) is 0 Å². The lowest BCUT2D eigenvalue weighted by molar-refractivity contribution is -0.156. The summed E-state index contributed by atoms with van der Waals surface area (Å²) in [4.78, 5) is 75.9. The van der Waals surface area contributed by atoms with Crippen molar-refractivity contribution in [3.63, 3.8) is 0 Å². The molecule has 12 nitrogen and oxygen atoms in total. The first-order valence-corrected chi connectivity index (χ1v) is 14.7. The molecule has 3 atom stereocenters. The van der Waals surface area contributed by atoms with E-state index in [1.54, 1.807) is 71.0 Å². The number of methoxy groups -OCH3 is 1. The Morgan fingerprint density at radius 3 is 2.09 bits per heavy atom. The first-order valence-electron chi connectivity index (χ1n) is 14.7. The van der Waals surface area contributed by atoms with Crippen LogP contribution < -0.4 is 20.7 Å². The van der Waals surface area contributed by atoms with Crippen LogP contribution in [0.3, 0.4) is 0 Å². The average Bonchev–Trinajstić information content (AvgIpc) is 2.96. The normalized spacial score (nSPS) is 13.0. The summed E-state index contributed by atoms with van der Waals surface area (Å²) in [5, 5.41) is 7.75. The van der Waals surface area contributed by atoms with Gasteiger partial charge in [0.2, 0.25) is 17.7 Å². The molecule has 2 aromatic rings. The largest absolute Gasteiger partial charge is 0.469 e. The number of rotatable bonds is 16. The minimum atomic E-state index is -1.30. The van der Waals surface area contributed by atoms with Gasteiger partial charge in [0, 0.05) is 18.2 Å². The number of carbonyl (C=O) groups is 6. The lowest BCUT2D eigenvalue weighted by Gasteiger charge is -2.24. The Labute approximate surface area is 263 Å². The molecule has 2 aromatic carbocycles. The topological polar surface area (TPSA) is 166 Å². The highest BCUT2D eigenvalue weighted by Gasteiger charge is 2.33. The summed E-state index contributed by atoms with van der Waals surface area (Å²) in [5.74, 6) is -3.86. The number of aldehydes is 1. The van der Waals surface area contributed by atoms with Crippen LogP contribution in [0, 0.1) is 11.8 Å². The van der Waals surface area contributed by atoms with Gasteiger partial charge < -0.3 is 35.0 Å². The summed E-state index contributed by atoms with van der Waals surface area (Å²) in [6.07, 6.45) is -0.236. The van der Waals surface area contributed by atoms with Gasteiger partial charge in [-0.05, 0) is 63.8 Å². The molecule has 0 aliphatic heterocycles. The van der Waals surface area contributed by atoms with Crippen molar-refractivity contribution in [1.82, 2.24) is 10.6 Å². The molecule has 3 amide bonds. The smallest absolute Gasteiger partial charge is 0.308 e. The van der Waals surface area contributed by atoms with E-state index in [0.29, 0.717) is 23.5 Å². The second kappa shape index (κ2) is 17.5. The predicted octanol–water partition coefficient (Wildman–Crippen LogP) is 3.93. The molecule has 0 saturated heterocycles. The lowest BCUT2D eigenvalue weighted by Crippen LogP contribution is -2.51. The molecule has 0 aromatic heterocycles. The lowest BCUT2D eigenvalue weighted by atomic mass is 9.94. The molecule has 0 fully saturated rings. The number of amides is 3. The van der Waals surface area contributed by atoms with Crippen LogP contribution in [0.5, 0.6) is 11.5 Å². The number of esters is 2. The van der Waals surface area contributed by atoms with E-state index in [1.807, 2.05) is 18.2 Å². The summed E-state index contributed by atoms with van der Waals surface area (Å²) in [7, 11) is 1.21. The van der Waals surface area contributed by atoms with Crippen molar-refractivity contribution in [3.8, 4) is 11.5 Å². The third-order valence-corrected chi connectivity index (χ3v) is 6.22. The highest BCUT2D eigenvalue weighted by atomic mass is 16.6. The molecule has 0 heterocycles. The Balaban J connectivity index is 2.20. The highest BCUT2D eigenvalue weighted by molar-refractivity contribution is 6.04. The van der Waals surface area contributed by atoms with Gasteiger partial charge in [-0.1, -0.05) is 38.1 Å². The van der Waals surface area contributed by atoms with Crippen molar-refractivity contribution >= 4 is 41.6 Å². The van der Waals surface area contributed by atoms with Gasteiger partial charge in [-0.25, -0.2) is 0 Å². The van der Waals surface area contributed by atoms with E-state index < -0.39 is 59.7 Å². The van der Waals surface area contributed by atoms with E-state index in [-0.39, 0.29) is 25.2 Å². The monoisotopic (exact) mass is 625 g/mol. The summed E-state index contributed by atoms with van der Waals surface area (Å²) >= 11 is 0. The highest BCUT2D eigenvalue weighted by Crippen LogP contribution is 2.24. The molecular formula is C33H43N3O9. The minimum Gasteiger partial charge on any atom is -0.469 e. The van der Waals surface area contributed by atoms with Crippen LogP contribution in [0.2, 0.25) is 0 Å². The zero-order valence-corrected chi connectivity index (χ0v) is 26.6. The Hall–Kier alpha value is -4.74. The van der Waals surface area contributed by atoms with Gasteiger partial charge in [-0.15, -0.1) is 0 Å². The fourth-order valence-electron chi connectivity index (χ4n) is 4.18. The van der Waals surface area contributed by atoms with E-state index in [2.05, 4.69) is 16.0 Å². The summed E-state index contributed by atoms with van der Waals surface area (Å²) in [5.41, 5.74) is -0.414. The second-order valence-electron chi connectivity index (χ2n) is 11.8. The van der Waals surface area contributed by atoms with Crippen LogP contribution >= 0.6 is 0 Å². The first kappa shape index (κ1) is 36.5. The van der Waals surface area contributed by atoms with E-state index in [1.165, 1.54) is 7.11 Å². The zero-order chi connectivity index (χ0) is 33.6. The molecule has 3 unspecified atom stereocenters. The van der Waals surface area contributed by atoms with Gasteiger partial charge in [-0.3, -0.25) is 24.0 Å². The van der Waals surface area contributed by atoms with Gasteiger partial charge in [0.25, 0.3) is 0 Å². The van der Waals surface area contributed by atoms with Crippen LogP contribution in [0.25, 0.3) is 0 Å². The van der Waals surface area contributed by atoms with E-state index in [9.17, 15) is 28.8 Å². The number of para-hydroxylation sites is 1. The van der Waals surface area contributed by atoms with Gasteiger partial charge >= 0.3 is 11.9 Å². The number of nitrogens with one attached hydrogen (secondary N) is 3. The molecule has 0 radical (unpaired) electrons. The maximum Gasteiger partial charge on any atom is 0.308 e. The van der Waals surface area contributed by atoms with Crippen molar-refractivity contribution < 1.29 is 43.0 Å². The molecule has 244 valence electrons. The molecule has 0 bridgehead atoms. The number of anilines is 1. The fourth-order valence-corrected chi connectivity index (χ4v) is 4.18. The van der Waals surface area contributed by atoms with Crippen molar-refractivity contribution in [2.45, 2.75) is 78.0 Å². The van der Waals surface area contributed by atoms with Gasteiger partial charge in [-0.2, -0.15) is 0 Å². The number of hydrogen-bond acceptors (Lipinski definition) is 9. The molecular weight excluding hydrogens is 582 g/mol. The minimum absolute atomic E-state index is 0.0832. The van der Waals surface area contributed by atoms with Crippen molar-refractivity contribution in [1.29, 1.82) is 0 Å². The quantitative estimate of drug-likeness (QED) is 0.142. The summed E-state index contributed by atoms with van der Waals surface area (Å²) in [6.45, 7) is 8.62. The molecule has 0 spiro atoms.